The number of rotatable bonds is 6. The van der Waals surface area contributed by atoms with E-state index in [9.17, 15) is 14.7 Å². The molecule has 0 saturated heterocycles. The standard InChI is InChI=1S/C18H15ClO3/c1-12(9-10-20)17(18(21)22)16-11-14(19)7-8-15(16)13-5-3-2-4-6-13/h2-8,10-11,17H,1,9H2,(H,21,22). The molecule has 0 amide bonds. The summed E-state index contributed by atoms with van der Waals surface area (Å²) in [6, 6.07) is 14.6. The van der Waals surface area contributed by atoms with E-state index in [1.807, 2.05) is 30.3 Å². The second-order valence-corrected chi connectivity index (χ2v) is 5.33. The summed E-state index contributed by atoms with van der Waals surface area (Å²) in [5, 5.41) is 10.0. The molecule has 0 saturated carbocycles. The molecule has 0 fully saturated rings. The van der Waals surface area contributed by atoms with Crippen molar-refractivity contribution in [3.8, 4) is 11.1 Å². The predicted octanol–water partition coefficient (Wildman–Crippen LogP) is 4.32. The molecule has 0 aliphatic rings. The van der Waals surface area contributed by atoms with Crippen molar-refractivity contribution in [2.45, 2.75) is 12.3 Å². The first-order valence-electron chi connectivity index (χ1n) is 6.73. The summed E-state index contributed by atoms with van der Waals surface area (Å²) >= 11 is 6.04. The topological polar surface area (TPSA) is 54.4 Å². The Morgan fingerprint density at radius 1 is 1.23 bits per heavy atom. The molecule has 0 aliphatic carbocycles. The third-order valence-electron chi connectivity index (χ3n) is 3.41. The van der Waals surface area contributed by atoms with Crippen molar-refractivity contribution in [1.82, 2.24) is 0 Å². The van der Waals surface area contributed by atoms with Crippen LogP contribution in [0.15, 0.2) is 60.7 Å². The fourth-order valence-corrected chi connectivity index (χ4v) is 2.59. The molecule has 0 spiro atoms. The van der Waals surface area contributed by atoms with Gasteiger partial charge in [0, 0.05) is 11.4 Å². The van der Waals surface area contributed by atoms with Crippen LogP contribution in [0.3, 0.4) is 0 Å². The zero-order chi connectivity index (χ0) is 16.1. The Morgan fingerprint density at radius 3 is 2.50 bits per heavy atom. The van der Waals surface area contributed by atoms with Crippen LogP contribution in [0.5, 0.6) is 0 Å². The number of carbonyl (C=O) groups is 2. The second kappa shape index (κ2) is 7.05. The smallest absolute Gasteiger partial charge is 0.315 e. The van der Waals surface area contributed by atoms with E-state index < -0.39 is 11.9 Å². The van der Waals surface area contributed by atoms with Gasteiger partial charge in [0.25, 0.3) is 0 Å². The number of halogens is 1. The van der Waals surface area contributed by atoms with Crippen molar-refractivity contribution < 1.29 is 14.7 Å². The Kier molecular flexibility index (Phi) is 5.12. The molecule has 3 nitrogen and oxygen atoms in total. The van der Waals surface area contributed by atoms with Crippen LogP contribution in [-0.4, -0.2) is 17.4 Å². The highest BCUT2D eigenvalue weighted by molar-refractivity contribution is 6.30. The normalized spacial score (nSPS) is 11.7. The summed E-state index contributed by atoms with van der Waals surface area (Å²) in [4.78, 5) is 22.4. The average Bonchev–Trinajstić information content (AvgIpc) is 2.48. The fourth-order valence-electron chi connectivity index (χ4n) is 2.41. The minimum Gasteiger partial charge on any atom is -0.481 e. The zero-order valence-electron chi connectivity index (χ0n) is 11.8. The van der Waals surface area contributed by atoms with E-state index in [2.05, 4.69) is 6.58 Å². The van der Waals surface area contributed by atoms with E-state index in [-0.39, 0.29) is 6.42 Å². The molecular formula is C18H15ClO3. The molecule has 2 aromatic rings. The van der Waals surface area contributed by atoms with E-state index in [0.29, 0.717) is 22.4 Å². The maximum Gasteiger partial charge on any atom is 0.315 e. The highest BCUT2D eigenvalue weighted by Crippen LogP contribution is 2.35. The van der Waals surface area contributed by atoms with Crippen molar-refractivity contribution in [3.05, 3.63) is 71.3 Å². The van der Waals surface area contributed by atoms with Gasteiger partial charge in [-0.3, -0.25) is 4.79 Å². The Hall–Kier alpha value is -2.39. The summed E-state index contributed by atoms with van der Waals surface area (Å²) in [6.07, 6.45) is 0.655. The van der Waals surface area contributed by atoms with Crippen LogP contribution in [0, 0.1) is 0 Å². The summed E-state index contributed by atoms with van der Waals surface area (Å²) in [6.45, 7) is 3.75. The Labute approximate surface area is 133 Å². The highest BCUT2D eigenvalue weighted by Gasteiger charge is 2.26. The maximum atomic E-state index is 11.7. The predicted molar refractivity (Wildman–Crippen MR) is 87.1 cm³/mol. The number of carbonyl (C=O) groups excluding carboxylic acids is 1. The van der Waals surface area contributed by atoms with Gasteiger partial charge in [0.1, 0.15) is 12.2 Å². The van der Waals surface area contributed by atoms with Gasteiger partial charge in [0.05, 0.1) is 0 Å². The molecule has 0 bridgehead atoms. The van der Waals surface area contributed by atoms with Gasteiger partial charge in [-0.05, 0) is 28.8 Å². The van der Waals surface area contributed by atoms with Gasteiger partial charge in [0.15, 0.2) is 0 Å². The number of hydrogen-bond acceptors (Lipinski definition) is 2. The first-order valence-corrected chi connectivity index (χ1v) is 7.11. The number of aliphatic carboxylic acids is 1. The molecule has 1 unspecified atom stereocenters. The summed E-state index contributed by atoms with van der Waals surface area (Å²) < 4.78 is 0. The van der Waals surface area contributed by atoms with Crippen LogP contribution in [0.4, 0.5) is 0 Å². The van der Waals surface area contributed by atoms with Crippen LogP contribution in [0.2, 0.25) is 5.02 Å². The zero-order valence-corrected chi connectivity index (χ0v) is 12.6. The minimum absolute atomic E-state index is 0.00227. The molecule has 4 heteroatoms. The van der Waals surface area contributed by atoms with Crippen LogP contribution >= 0.6 is 11.6 Å². The van der Waals surface area contributed by atoms with Gasteiger partial charge in [-0.15, -0.1) is 0 Å². The third kappa shape index (κ3) is 3.43. The van der Waals surface area contributed by atoms with Crippen LogP contribution in [0.25, 0.3) is 11.1 Å². The first kappa shape index (κ1) is 16.0. The Bertz CT molecular complexity index is 708. The lowest BCUT2D eigenvalue weighted by molar-refractivity contribution is -0.137. The lowest BCUT2D eigenvalue weighted by Crippen LogP contribution is -2.15. The van der Waals surface area contributed by atoms with E-state index >= 15 is 0 Å². The van der Waals surface area contributed by atoms with Crippen LogP contribution < -0.4 is 0 Å². The molecule has 0 heterocycles. The van der Waals surface area contributed by atoms with E-state index in [1.54, 1.807) is 18.2 Å². The van der Waals surface area contributed by atoms with Crippen molar-refractivity contribution >= 4 is 23.9 Å². The molecule has 2 aromatic carbocycles. The monoisotopic (exact) mass is 314 g/mol. The summed E-state index contributed by atoms with van der Waals surface area (Å²) in [5.41, 5.74) is 2.53. The Morgan fingerprint density at radius 2 is 1.91 bits per heavy atom. The molecule has 1 atom stereocenters. The van der Waals surface area contributed by atoms with Crippen molar-refractivity contribution in [2.24, 2.45) is 0 Å². The fraction of sp³-hybridized carbons (Fsp3) is 0.111. The third-order valence-corrected chi connectivity index (χ3v) is 3.65. The molecular weight excluding hydrogens is 300 g/mol. The van der Waals surface area contributed by atoms with E-state index in [4.69, 9.17) is 11.6 Å². The highest BCUT2D eigenvalue weighted by atomic mass is 35.5. The van der Waals surface area contributed by atoms with Crippen molar-refractivity contribution in [3.63, 3.8) is 0 Å². The number of hydrogen-bond donors (Lipinski definition) is 1. The lowest BCUT2D eigenvalue weighted by Gasteiger charge is -2.19. The van der Waals surface area contributed by atoms with Crippen molar-refractivity contribution in [2.75, 3.05) is 0 Å². The van der Waals surface area contributed by atoms with Gasteiger partial charge in [0.2, 0.25) is 0 Å². The summed E-state index contributed by atoms with van der Waals surface area (Å²) in [7, 11) is 0. The molecule has 2 rings (SSSR count). The van der Waals surface area contributed by atoms with Crippen LogP contribution in [0.1, 0.15) is 17.9 Å². The average molecular weight is 315 g/mol. The molecule has 0 aromatic heterocycles. The molecule has 1 N–H and O–H groups in total. The number of aldehydes is 1. The van der Waals surface area contributed by atoms with Gasteiger partial charge in [-0.1, -0.05) is 60.2 Å². The maximum absolute atomic E-state index is 11.7. The Balaban J connectivity index is 2.61. The number of carboxylic acids is 1. The largest absolute Gasteiger partial charge is 0.481 e. The quantitative estimate of drug-likeness (QED) is 0.638. The molecule has 0 radical (unpaired) electrons. The van der Waals surface area contributed by atoms with E-state index in [1.165, 1.54) is 0 Å². The molecule has 22 heavy (non-hydrogen) atoms. The first-order chi connectivity index (χ1) is 10.5. The van der Waals surface area contributed by atoms with Gasteiger partial charge in [-0.25, -0.2) is 0 Å². The summed E-state index contributed by atoms with van der Waals surface area (Å²) in [5.74, 6) is -2.02. The van der Waals surface area contributed by atoms with Crippen molar-refractivity contribution in [1.29, 1.82) is 0 Å². The van der Waals surface area contributed by atoms with Gasteiger partial charge < -0.3 is 9.90 Å². The van der Waals surface area contributed by atoms with Crippen LogP contribution in [-0.2, 0) is 9.59 Å². The SMILES string of the molecule is C=C(CC=O)C(C(=O)O)c1cc(Cl)ccc1-c1ccccc1. The number of benzene rings is 2. The minimum atomic E-state index is -1.05. The number of carboxylic acid groups (broad SMARTS) is 1. The molecule has 0 aliphatic heterocycles. The lowest BCUT2D eigenvalue weighted by atomic mass is 9.85. The second-order valence-electron chi connectivity index (χ2n) is 4.90. The van der Waals surface area contributed by atoms with Gasteiger partial charge in [-0.2, -0.15) is 0 Å². The van der Waals surface area contributed by atoms with Gasteiger partial charge >= 0.3 is 5.97 Å². The van der Waals surface area contributed by atoms with E-state index in [0.717, 1.165) is 11.1 Å². The molecule has 112 valence electrons.